The number of fused-ring (bicyclic) bond motifs is 1. The molecule has 2 aromatic carbocycles. The van der Waals surface area contributed by atoms with Crippen molar-refractivity contribution in [1.82, 2.24) is 15.2 Å². The Hall–Kier alpha value is -2.08. The van der Waals surface area contributed by atoms with Crippen LogP contribution in [0.25, 0.3) is 10.9 Å². The molecule has 0 atom stereocenters. The average molecular weight is 428 g/mol. The Morgan fingerprint density at radius 2 is 1.83 bits per heavy atom. The first kappa shape index (κ1) is 21.6. The van der Waals surface area contributed by atoms with Gasteiger partial charge in [0.2, 0.25) is 0 Å². The standard InChI is InChI=1S/C23H26ClN3OS/c1-3-27(4-2)15-9-14-25-23(28)18-16-22(26-20-12-7-5-10-17(18)20)29-21-13-8-6-11-19(21)24/h5-8,10-13,16H,3-4,9,14-15H2,1-2H3,(H,25,28). The fourth-order valence-electron chi connectivity index (χ4n) is 3.17. The Labute approximate surface area is 181 Å². The number of carbonyl (C=O) groups excluding carboxylic acids is 1. The second kappa shape index (κ2) is 10.6. The molecule has 6 heteroatoms. The van der Waals surface area contributed by atoms with Crippen LogP contribution >= 0.6 is 23.4 Å². The zero-order chi connectivity index (χ0) is 20.6. The van der Waals surface area contributed by atoms with Gasteiger partial charge < -0.3 is 10.2 Å². The van der Waals surface area contributed by atoms with Crippen LogP contribution in [0.5, 0.6) is 0 Å². The van der Waals surface area contributed by atoms with Crippen molar-refractivity contribution in [1.29, 1.82) is 0 Å². The van der Waals surface area contributed by atoms with Crippen molar-refractivity contribution in [2.75, 3.05) is 26.2 Å². The quantitative estimate of drug-likeness (QED) is 0.458. The van der Waals surface area contributed by atoms with Gasteiger partial charge in [-0.2, -0.15) is 0 Å². The summed E-state index contributed by atoms with van der Waals surface area (Å²) in [6.45, 7) is 8.01. The molecule has 152 valence electrons. The van der Waals surface area contributed by atoms with Gasteiger partial charge in [-0.3, -0.25) is 4.79 Å². The monoisotopic (exact) mass is 427 g/mol. The lowest BCUT2D eigenvalue weighted by atomic mass is 10.1. The number of amides is 1. The molecule has 0 radical (unpaired) electrons. The van der Waals surface area contributed by atoms with Gasteiger partial charge in [-0.1, -0.05) is 67.5 Å². The molecule has 1 aromatic heterocycles. The predicted molar refractivity (Wildman–Crippen MR) is 122 cm³/mol. The van der Waals surface area contributed by atoms with Crippen LogP contribution in [-0.2, 0) is 0 Å². The van der Waals surface area contributed by atoms with Crippen molar-refractivity contribution in [2.45, 2.75) is 30.2 Å². The molecule has 3 rings (SSSR count). The van der Waals surface area contributed by atoms with Crippen LogP contribution in [0.4, 0.5) is 0 Å². The third-order valence-electron chi connectivity index (χ3n) is 4.82. The van der Waals surface area contributed by atoms with E-state index in [9.17, 15) is 4.79 Å². The normalized spacial score (nSPS) is 11.2. The third kappa shape index (κ3) is 5.72. The first-order valence-corrected chi connectivity index (χ1v) is 11.1. The maximum absolute atomic E-state index is 12.9. The van der Waals surface area contributed by atoms with Crippen molar-refractivity contribution in [3.05, 3.63) is 65.2 Å². The molecule has 0 fully saturated rings. The van der Waals surface area contributed by atoms with Crippen LogP contribution in [0, 0.1) is 0 Å². The number of hydrogen-bond acceptors (Lipinski definition) is 4. The van der Waals surface area contributed by atoms with Crippen molar-refractivity contribution >= 4 is 40.2 Å². The zero-order valence-corrected chi connectivity index (χ0v) is 18.4. The fraction of sp³-hybridized carbons (Fsp3) is 0.304. The molecule has 0 unspecified atom stereocenters. The summed E-state index contributed by atoms with van der Waals surface area (Å²) in [7, 11) is 0. The number of nitrogens with one attached hydrogen (secondary N) is 1. The molecule has 1 amide bonds. The van der Waals surface area contributed by atoms with Crippen LogP contribution < -0.4 is 5.32 Å². The Morgan fingerprint density at radius 3 is 2.59 bits per heavy atom. The molecule has 1 heterocycles. The van der Waals surface area contributed by atoms with E-state index in [1.807, 2.05) is 54.6 Å². The summed E-state index contributed by atoms with van der Waals surface area (Å²) in [5.41, 5.74) is 1.45. The number of pyridine rings is 1. The summed E-state index contributed by atoms with van der Waals surface area (Å²) in [4.78, 5) is 20.9. The first-order chi connectivity index (χ1) is 14.1. The van der Waals surface area contributed by atoms with Crippen molar-refractivity contribution in [2.24, 2.45) is 0 Å². The highest BCUT2D eigenvalue weighted by Gasteiger charge is 2.14. The molecule has 1 N–H and O–H groups in total. The molecule has 0 aliphatic heterocycles. The molecule has 3 aromatic rings. The average Bonchev–Trinajstić information content (AvgIpc) is 2.75. The molecule has 0 aliphatic rings. The highest BCUT2D eigenvalue weighted by Crippen LogP contribution is 2.33. The van der Waals surface area contributed by atoms with Gasteiger partial charge in [-0.05, 0) is 50.3 Å². The van der Waals surface area contributed by atoms with Gasteiger partial charge >= 0.3 is 0 Å². The lowest BCUT2D eigenvalue weighted by molar-refractivity contribution is 0.0953. The van der Waals surface area contributed by atoms with E-state index in [1.165, 1.54) is 11.8 Å². The SMILES string of the molecule is CCN(CC)CCCNC(=O)c1cc(Sc2ccccc2Cl)nc2ccccc12. The molecular weight excluding hydrogens is 402 g/mol. The van der Waals surface area contributed by atoms with E-state index in [2.05, 4.69) is 24.1 Å². The minimum atomic E-state index is -0.0656. The van der Waals surface area contributed by atoms with E-state index in [0.717, 1.165) is 46.9 Å². The lowest BCUT2D eigenvalue weighted by Gasteiger charge is -2.17. The van der Waals surface area contributed by atoms with Gasteiger partial charge in [0, 0.05) is 16.8 Å². The number of carbonyl (C=O) groups is 1. The second-order valence-corrected chi connectivity index (χ2v) is 8.16. The molecule has 0 saturated heterocycles. The minimum Gasteiger partial charge on any atom is -0.352 e. The van der Waals surface area contributed by atoms with Gasteiger partial charge in [0.15, 0.2) is 0 Å². The van der Waals surface area contributed by atoms with E-state index >= 15 is 0 Å². The van der Waals surface area contributed by atoms with Crippen molar-refractivity contribution in [3.8, 4) is 0 Å². The first-order valence-electron chi connectivity index (χ1n) is 9.95. The Bertz CT molecular complexity index is 975. The third-order valence-corrected chi connectivity index (χ3v) is 6.26. The van der Waals surface area contributed by atoms with E-state index in [4.69, 9.17) is 16.6 Å². The maximum atomic E-state index is 12.9. The molecule has 4 nitrogen and oxygen atoms in total. The summed E-state index contributed by atoms with van der Waals surface area (Å²) in [6.07, 6.45) is 0.928. The number of nitrogens with zero attached hydrogens (tertiary/aromatic N) is 2. The predicted octanol–water partition coefficient (Wildman–Crippen LogP) is 5.50. The largest absolute Gasteiger partial charge is 0.352 e. The van der Waals surface area contributed by atoms with E-state index in [0.29, 0.717) is 17.1 Å². The Balaban J connectivity index is 1.79. The number of halogens is 1. The van der Waals surface area contributed by atoms with Gasteiger partial charge in [0.25, 0.3) is 5.91 Å². The van der Waals surface area contributed by atoms with Crippen LogP contribution in [0.2, 0.25) is 5.02 Å². The topological polar surface area (TPSA) is 45.2 Å². The van der Waals surface area contributed by atoms with Crippen molar-refractivity contribution in [3.63, 3.8) is 0 Å². The summed E-state index contributed by atoms with van der Waals surface area (Å²) < 4.78 is 0. The van der Waals surface area contributed by atoms with Gasteiger partial charge in [-0.15, -0.1) is 0 Å². The van der Waals surface area contributed by atoms with Gasteiger partial charge in [-0.25, -0.2) is 4.98 Å². The summed E-state index contributed by atoms with van der Waals surface area (Å²) in [6, 6.07) is 17.3. The highest BCUT2D eigenvalue weighted by molar-refractivity contribution is 7.99. The van der Waals surface area contributed by atoms with Crippen LogP contribution in [-0.4, -0.2) is 42.0 Å². The number of para-hydroxylation sites is 1. The smallest absolute Gasteiger partial charge is 0.252 e. The molecule has 0 bridgehead atoms. The molecule has 0 spiro atoms. The van der Waals surface area contributed by atoms with Gasteiger partial charge in [0.1, 0.15) is 5.03 Å². The second-order valence-electron chi connectivity index (χ2n) is 6.69. The molecular formula is C23H26ClN3OS. The van der Waals surface area contributed by atoms with E-state index in [-0.39, 0.29) is 5.91 Å². The number of hydrogen-bond donors (Lipinski definition) is 1. The summed E-state index contributed by atoms with van der Waals surface area (Å²) in [5, 5.41) is 5.36. The number of rotatable bonds is 9. The summed E-state index contributed by atoms with van der Waals surface area (Å²) >= 11 is 7.77. The fourth-order valence-corrected chi connectivity index (χ4v) is 4.28. The van der Waals surface area contributed by atoms with Crippen LogP contribution in [0.1, 0.15) is 30.6 Å². The van der Waals surface area contributed by atoms with Crippen LogP contribution in [0.3, 0.4) is 0 Å². The Morgan fingerprint density at radius 1 is 1.10 bits per heavy atom. The lowest BCUT2D eigenvalue weighted by Crippen LogP contribution is -2.30. The van der Waals surface area contributed by atoms with E-state index in [1.54, 1.807) is 0 Å². The maximum Gasteiger partial charge on any atom is 0.252 e. The van der Waals surface area contributed by atoms with Crippen molar-refractivity contribution < 1.29 is 4.79 Å². The minimum absolute atomic E-state index is 0.0656. The molecule has 29 heavy (non-hydrogen) atoms. The number of aromatic nitrogens is 1. The van der Waals surface area contributed by atoms with Crippen LogP contribution in [0.15, 0.2) is 64.5 Å². The summed E-state index contributed by atoms with van der Waals surface area (Å²) in [5.74, 6) is -0.0656. The molecule has 0 aliphatic carbocycles. The van der Waals surface area contributed by atoms with Gasteiger partial charge in [0.05, 0.1) is 16.1 Å². The molecule has 0 saturated carbocycles. The number of benzene rings is 2. The Kier molecular flexibility index (Phi) is 7.92. The highest BCUT2D eigenvalue weighted by atomic mass is 35.5. The zero-order valence-electron chi connectivity index (χ0n) is 16.8. The van der Waals surface area contributed by atoms with E-state index < -0.39 is 0 Å².